The van der Waals surface area contributed by atoms with E-state index in [1.165, 1.54) is 10.6 Å². The third kappa shape index (κ3) is 3.05. The van der Waals surface area contributed by atoms with Gasteiger partial charge in [-0.05, 0) is 36.4 Å². The number of hydrogen-bond acceptors (Lipinski definition) is 5. The number of amides is 1. The van der Waals surface area contributed by atoms with Crippen molar-refractivity contribution >= 4 is 16.9 Å². The van der Waals surface area contributed by atoms with Gasteiger partial charge in [0, 0.05) is 49.9 Å². The molecule has 1 aliphatic rings. The maximum atomic E-state index is 14.4. The summed E-state index contributed by atoms with van der Waals surface area (Å²) in [6.07, 6.45) is 9.26. The van der Waals surface area contributed by atoms with Gasteiger partial charge in [0.25, 0.3) is 5.91 Å². The average molecular weight is 481 g/mol. The van der Waals surface area contributed by atoms with E-state index in [1.54, 1.807) is 45.0 Å². The lowest BCUT2D eigenvalue weighted by Gasteiger charge is -2.33. The van der Waals surface area contributed by atoms with Gasteiger partial charge in [-0.2, -0.15) is 15.3 Å². The summed E-state index contributed by atoms with van der Waals surface area (Å²) >= 11 is 0. The lowest BCUT2D eigenvalue weighted by Crippen LogP contribution is -2.41. The first kappa shape index (κ1) is 20.6. The fourth-order valence-corrected chi connectivity index (χ4v) is 4.95. The number of carbonyl (C=O) groups excluding carboxylic acids is 1. The fourth-order valence-electron chi connectivity index (χ4n) is 4.95. The highest BCUT2D eigenvalue weighted by Gasteiger charge is 2.37. The maximum Gasteiger partial charge on any atom is 0.258 e. The second kappa shape index (κ2) is 7.60. The van der Waals surface area contributed by atoms with Gasteiger partial charge in [0.05, 0.1) is 40.7 Å². The van der Waals surface area contributed by atoms with Crippen LogP contribution in [0, 0.1) is 5.82 Å². The van der Waals surface area contributed by atoms with Crippen LogP contribution in [0.5, 0.6) is 0 Å². The Kier molecular flexibility index (Phi) is 4.34. The van der Waals surface area contributed by atoms with Gasteiger partial charge in [-0.3, -0.25) is 9.48 Å². The SMILES string of the molecule is Cn1ccc(-c2ccc3c(C(=O)N4CCc5[nH]cnc5[C@@H]4c4cc5c(F)cccn5n4)cnn3c2)n1. The van der Waals surface area contributed by atoms with E-state index in [2.05, 4.69) is 25.3 Å². The lowest BCUT2D eigenvalue weighted by atomic mass is 9.98. The Morgan fingerprint density at radius 2 is 2.03 bits per heavy atom. The van der Waals surface area contributed by atoms with Crippen LogP contribution in [0.2, 0.25) is 0 Å². The molecule has 0 aromatic carbocycles. The molecule has 1 atom stereocenters. The van der Waals surface area contributed by atoms with Crippen molar-refractivity contribution in [2.75, 3.05) is 6.54 Å². The summed E-state index contributed by atoms with van der Waals surface area (Å²) < 4.78 is 19.4. The molecular weight excluding hydrogens is 461 g/mol. The van der Waals surface area contributed by atoms with E-state index in [0.29, 0.717) is 41.0 Å². The number of aryl methyl sites for hydroxylation is 1. The molecule has 178 valence electrons. The Balaban J connectivity index is 1.31. The lowest BCUT2D eigenvalue weighted by molar-refractivity contribution is 0.0689. The number of aromatic nitrogens is 8. The number of rotatable bonds is 3. The normalized spacial score (nSPS) is 15.6. The van der Waals surface area contributed by atoms with Gasteiger partial charge in [-0.15, -0.1) is 0 Å². The van der Waals surface area contributed by atoms with Crippen LogP contribution in [0.1, 0.15) is 33.5 Å². The molecule has 7 rings (SSSR count). The first-order valence-electron chi connectivity index (χ1n) is 11.5. The van der Waals surface area contributed by atoms with E-state index in [4.69, 9.17) is 0 Å². The van der Waals surface area contributed by atoms with Crippen molar-refractivity contribution in [2.24, 2.45) is 7.05 Å². The molecule has 7 heterocycles. The van der Waals surface area contributed by atoms with E-state index < -0.39 is 6.04 Å². The van der Waals surface area contributed by atoms with Crippen molar-refractivity contribution in [1.29, 1.82) is 0 Å². The standard InChI is InChI=1S/C25H20FN9O/c1-32-9-6-18(30-32)15-4-5-21-16(12-29-35(21)13-15)25(36)33-10-7-19-23(28-14-27-19)24(33)20-11-22-17(26)3-2-8-34(22)31-20/h2-6,8-9,11-14,24H,7,10H2,1H3,(H,27,28)/t24-/m0/s1. The van der Waals surface area contributed by atoms with E-state index >= 15 is 0 Å². The Hall–Kier alpha value is -4.80. The molecule has 6 aromatic heterocycles. The van der Waals surface area contributed by atoms with Gasteiger partial charge in [0.1, 0.15) is 17.4 Å². The van der Waals surface area contributed by atoms with Crippen molar-refractivity contribution in [3.05, 3.63) is 96.0 Å². The second-order valence-corrected chi connectivity index (χ2v) is 8.85. The number of hydrogen-bond donors (Lipinski definition) is 1. The molecule has 0 saturated heterocycles. The largest absolute Gasteiger partial charge is 0.348 e. The summed E-state index contributed by atoms with van der Waals surface area (Å²) in [4.78, 5) is 23.4. The number of fused-ring (bicyclic) bond motifs is 3. The molecule has 1 aliphatic heterocycles. The van der Waals surface area contributed by atoms with Crippen molar-refractivity contribution in [3.63, 3.8) is 0 Å². The van der Waals surface area contributed by atoms with Crippen LogP contribution in [0.15, 0.2) is 67.5 Å². The average Bonchev–Trinajstić information content (AvgIpc) is 3.68. The van der Waals surface area contributed by atoms with Gasteiger partial charge in [-0.25, -0.2) is 18.4 Å². The molecule has 0 radical (unpaired) electrons. The minimum absolute atomic E-state index is 0.188. The summed E-state index contributed by atoms with van der Waals surface area (Å²) in [7, 11) is 1.87. The summed E-state index contributed by atoms with van der Waals surface area (Å²) in [5, 5.41) is 13.5. The van der Waals surface area contributed by atoms with Crippen LogP contribution in [0.3, 0.4) is 0 Å². The molecule has 0 aliphatic carbocycles. The van der Waals surface area contributed by atoms with Gasteiger partial charge in [0.15, 0.2) is 0 Å². The van der Waals surface area contributed by atoms with Crippen LogP contribution in [0.25, 0.3) is 22.3 Å². The number of H-pyrrole nitrogens is 1. The molecule has 0 saturated carbocycles. The van der Waals surface area contributed by atoms with Gasteiger partial charge < -0.3 is 9.88 Å². The van der Waals surface area contributed by atoms with E-state index in [1.807, 2.05) is 37.6 Å². The molecule has 0 spiro atoms. The Labute approximate surface area is 203 Å². The van der Waals surface area contributed by atoms with E-state index in [-0.39, 0.29) is 11.7 Å². The number of halogens is 1. The molecule has 36 heavy (non-hydrogen) atoms. The zero-order valence-corrected chi connectivity index (χ0v) is 19.2. The number of nitrogens with zero attached hydrogens (tertiary/aromatic N) is 8. The first-order valence-corrected chi connectivity index (χ1v) is 11.5. The minimum Gasteiger partial charge on any atom is -0.348 e. The Morgan fingerprint density at radius 3 is 2.86 bits per heavy atom. The highest BCUT2D eigenvalue weighted by Crippen LogP contribution is 2.35. The van der Waals surface area contributed by atoms with Crippen LogP contribution in [-0.2, 0) is 13.5 Å². The van der Waals surface area contributed by atoms with Crippen molar-refractivity contribution in [2.45, 2.75) is 12.5 Å². The Morgan fingerprint density at radius 1 is 1.11 bits per heavy atom. The zero-order chi connectivity index (χ0) is 24.4. The third-order valence-electron chi connectivity index (χ3n) is 6.69. The van der Waals surface area contributed by atoms with Crippen molar-refractivity contribution in [1.82, 2.24) is 43.9 Å². The van der Waals surface area contributed by atoms with Gasteiger partial charge >= 0.3 is 0 Å². The van der Waals surface area contributed by atoms with E-state index in [9.17, 15) is 9.18 Å². The Bertz CT molecular complexity index is 1770. The van der Waals surface area contributed by atoms with Crippen LogP contribution >= 0.6 is 0 Å². The molecule has 11 heteroatoms. The molecule has 0 unspecified atom stereocenters. The van der Waals surface area contributed by atoms with Gasteiger partial charge in [-0.1, -0.05) is 0 Å². The van der Waals surface area contributed by atoms with Crippen molar-refractivity contribution in [3.8, 4) is 11.3 Å². The fraction of sp³-hybridized carbons (Fsp3) is 0.160. The summed E-state index contributed by atoms with van der Waals surface area (Å²) in [5.74, 6) is -0.565. The number of nitrogens with one attached hydrogen (secondary N) is 1. The number of carbonyl (C=O) groups is 1. The molecule has 0 bridgehead atoms. The molecule has 0 fully saturated rings. The van der Waals surface area contributed by atoms with Crippen LogP contribution in [0.4, 0.5) is 4.39 Å². The van der Waals surface area contributed by atoms with Crippen LogP contribution < -0.4 is 0 Å². The summed E-state index contributed by atoms with van der Waals surface area (Å²) in [5.41, 5.74) is 5.44. The minimum atomic E-state index is -0.561. The highest BCUT2D eigenvalue weighted by molar-refractivity contribution is 6.01. The molecule has 10 nitrogen and oxygen atoms in total. The molecular formula is C25H20FN9O. The van der Waals surface area contributed by atoms with Crippen LogP contribution in [-0.4, -0.2) is 56.3 Å². The molecule has 1 N–H and O–H groups in total. The van der Waals surface area contributed by atoms with E-state index in [0.717, 1.165) is 17.0 Å². The molecule has 6 aromatic rings. The molecule has 1 amide bonds. The monoisotopic (exact) mass is 481 g/mol. The predicted molar refractivity (Wildman–Crippen MR) is 128 cm³/mol. The third-order valence-corrected chi connectivity index (χ3v) is 6.69. The highest BCUT2D eigenvalue weighted by atomic mass is 19.1. The second-order valence-electron chi connectivity index (χ2n) is 8.85. The quantitative estimate of drug-likeness (QED) is 0.419. The summed E-state index contributed by atoms with van der Waals surface area (Å²) in [6.45, 7) is 0.457. The zero-order valence-electron chi connectivity index (χ0n) is 19.2. The summed E-state index contributed by atoms with van der Waals surface area (Å²) in [6, 6.07) is 9.84. The number of pyridine rings is 2. The first-order chi connectivity index (χ1) is 17.6. The maximum absolute atomic E-state index is 14.4. The predicted octanol–water partition coefficient (Wildman–Crippen LogP) is 3.03. The smallest absolute Gasteiger partial charge is 0.258 e. The van der Waals surface area contributed by atoms with Crippen molar-refractivity contribution < 1.29 is 9.18 Å². The topological polar surface area (TPSA) is 101 Å². The van der Waals surface area contributed by atoms with Gasteiger partial charge in [0.2, 0.25) is 0 Å². The number of aromatic amines is 1. The number of imidazole rings is 1.